The van der Waals surface area contributed by atoms with Crippen LogP contribution in [0.2, 0.25) is 0 Å². The molecule has 1 saturated heterocycles. The van der Waals surface area contributed by atoms with Gasteiger partial charge in [0.05, 0.1) is 5.69 Å². The summed E-state index contributed by atoms with van der Waals surface area (Å²) in [6, 6.07) is 6.86. The second kappa shape index (κ2) is 4.98. The molecule has 1 atom stereocenters. The van der Waals surface area contributed by atoms with E-state index >= 15 is 0 Å². The Labute approximate surface area is 118 Å². The smallest absolute Gasteiger partial charge is 0.228 e. The van der Waals surface area contributed by atoms with Crippen LogP contribution in [0.4, 0.5) is 5.69 Å². The van der Waals surface area contributed by atoms with Gasteiger partial charge in [0.15, 0.2) is 0 Å². The van der Waals surface area contributed by atoms with Crippen LogP contribution in [0.5, 0.6) is 0 Å². The first-order valence-corrected chi connectivity index (χ1v) is 10.3. The Hall–Kier alpha value is -1.17. The molecular formula is C12H17N2O4PS. The van der Waals surface area contributed by atoms with Crippen LogP contribution >= 0.6 is 7.14 Å². The second-order valence-electron chi connectivity index (χ2n) is 5.26. The number of anilines is 1. The van der Waals surface area contributed by atoms with Crippen molar-refractivity contribution in [1.82, 2.24) is 0 Å². The van der Waals surface area contributed by atoms with Crippen molar-refractivity contribution in [1.29, 1.82) is 0 Å². The van der Waals surface area contributed by atoms with Crippen LogP contribution in [0.15, 0.2) is 24.3 Å². The van der Waals surface area contributed by atoms with E-state index < -0.39 is 22.4 Å². The van der Waals surface area contributed by atoms with Gasteiger partial charge in [0.2, 0.25) is 15.9 Å². The number of benzene rings is 1. The molecule has 0 aliphatic carbocycles. The van der Waals surface area contributed by atoms with Crippen molar-refractivity contribution < 1.29 is 17.8 Å². The Morgan fingerprint density at radius 2 is 1.90 bits per heavy atom. The molecule has 2 rings (SSSR count). The highest BCUT2D eigenvalue weighted by Gasteiger charge is 2.38. The standard InChI is InChI=1S/C12H17N2O4PS/c1-19(2,16)11-6-4-3-5-10(11)14-8-9(7-12(14)15)20(13,17)18/h3-6,9H,7-8H2,1-2H3,(H2,13,17,18). The van der Waals surface area contributed by atoms with E-state index in [2.05, 4.69) is 0 Å². The SMILES string of the molecule is CP(C)(=O)c1ccccc1N1CC(S(N)(=O)=O)CC1=O. The van der Waals surface area contributed by atoms with Crippen molar-refractivity contribution in [3.05, 3.63) is 24.3 Å². The van der Waals surface area contributed by atoms with E-state index in [4.69, 9.17) is 5.14 Å². The van der Waals surface area contributed by atoms with Gasteiger partial charge in [-0.2, -0.15) is 0 Å². The average molecular weight is 316 g/mol. The topological polar surface area (TPSA) is 97.5 Å². The molecule has 110 valence electrons. The molecule has 6 nitrogen and oxygen atoms in total. The minimum absolute atomic E-state index is 0.00861. The molecule has 1 heterocycles. The Morgan fingerprint density at radius 3 is 2.40 bits per heavy atom. The summed E-state index contributed by atoms with van der Waals surface area (Å²) >= 11 is 0. The normalized spacial score (nSPS) is 20.4. The molecule has 1 aromatic carbocycles. The number of para-hydroxylation sites is 1. The molecule has 1 aliphatic rings. The predicted molar refractivity (Wildman–Crippen MR) is 79.4 cm³/mol. The van der Waals surface area contributed by atoms with Crippen LogP contribution in [0.3, 0.4) is 0 Å². The molecule has 2 N–H and O–H groups in total. The van der Waals surface area contributed by atoms with E-state index in [1.807, 2.05) is 0 Å². The number of carbonyl (C=O) groups excluding carboxylic acids is 1. The lowest BCUT2D eigenvalue weighted by Gasteiger charge is -2.21. The maximum absolute atomic E-state index is 12.3. The van der Waals surface area contributed by atoms with Gasteiger partial charge in [0, 0.05) is 18.3 Å². The van der Waals surface area contributed by atoms with E-state index in [1.165, 1.54) is 4.90 Å². The third-order valence-electron chi connectivity index (χ3n) is 3.31. The summed E-state index contributed by atoms with van der Waals surface area (Å²) in [4.78, 5) is 13.4. The molecule has 1 aromatic rings. The fourth-order valence-corrected chi connectivity index (χ4v) is 4.20. The van der Waals surface area contributed by atoms with E-state index in [0.717, 1.165) is 0 Å². The molecule has 0 radical (unpaired) electrons. The van der Waals surface area contributed by atoms with Gasteiger partial charge >= 0.3 is 0 Å². The lowest BCUT2D eigenvalue weighted by molar-refractivity contribution is -0.117. The van der Waals surface area contributed by atoms with E-state index in [-0.39, 0.29) is 18.9 Å². The van der Waals surface area contributed by atoms with Gasteiger partial charge in [-0.1, -0.05) is 12.1 Å². The van der Waals surface area contributed by atoms with Crippen LogP contribution < -0.4 is 15.3 Å². The Kier molecular flexibility index (Phi) is 3.79. The highest BCUT2D eigenvalue weighted by molar-refractivity contribution is 7.89. The monoisotopic (exact) mass is 316 g/mol. The van der Waals surface area contributed by atoms with Crippen molar-refractivity contribution in [2.24, 2.45) is 5.14 Å². The summed E-state index contributed by atoms with van der Waals surface area (Å²) in [7, 11) is -6.33. The van der Waals surface area contributed by atoms with Crippen LogP contribution in [0.1, 0.15) is 6.42 Å². The summed E-state index contributed by atoms with van der Waals surface area (Å²) < 4.78 is 35.1. The molecule has 0 aromatic heterocycles. The number of rotatable bonds is 3. The number of carbonyl (C=O) groups is 1. The summed E-state index contributed by atoms with van der Waals surface area (Å²) in [5, 5.41) is 4.77. The highest BCUT2D eigenvalue weighted by Crippen LogP contribution is 2.39. The van der Waals surface area contributed by atoms with Gasteiger partial charge in [0.1, 0.15) is 12.4 Å². The lowest BCUT2D eigenvalue weighted by atomic mass is 10.3. The Balaban J connectivity index is 2.44. The first kappa shape index (κ1) is 15.2. The quantitative estimate of drug-likeness (QED) is 0.812. The first-order chi connectivity index (χ1) is 9.10. The number of primary sulfonamides is 1. The minimum Gasteiger partial charge on any atom is -0.319 e. The minimum atomic E-state index is -3.76. The molecule has 0 spiro atoms. The molecule has 1 fully saturated rings. The van der Waals surface area contributed by atoms with Crippen LogP contribution in [-0.2, 0) is 19.4 Å². The van der Waals surface area contributed by atoms with Crippen molar-refractivity contribution in [2.45, 2.75) is 11.7 Å². The summed E-state index contributed by atoms with van der Waals surface area (Å²) in [6.07, 6.45) is -0.134. The third-order valence-corrected chi connectivity index (χ3v) is 6.09. The number of hydrogen-bond donors (Lipinski definition) is 1. The number of sulfonamides is 1. The molecule has 1 aliphatic heterocycles. The van der Waals surface area contributed by atoms with E-state index in [0.29, 0.717) is 11.0 Å². The maximum Gasteiger partial charge on any atom is 0.228 e. The lowest BCUT2D eigenvalue weighted by Crippen LogP contribution is -2.33. The van der Waals surface area contributed by atoms with Gasteiger partial charge in [-0.3, -0.25) is 4.79 Å². The van der Waals surface area contributed by atoms with Gasteiger partial charge in [-0.25, -0.2) is 13.6 Å². The van der Waals surface area contributed by atoms with Gasteiger partial charge in [0.25, 0.3) is 0 Å². The van der Waals surface area contributed by atoms with Crippen molar-refractivity contribution in [2.75, 3.05) is 24.8 Å². The van der Waals surface area contributed by atoms with Crippen LogP contribution in [-0.4, -0.2) is 39.4 Å². The van der Waals surface area contributed by atoms with E-state index in [1.54, 1.807) is 37.6 Å². The summed E-state index contributed by atoms with van der Waals surface area (Å²) in [5.74, 6) is -0.315. The highest BCUT2D eigenvalue weighted by atomic mass is 32.2. The summed E-state index contributed by atoms with van der Waals surface area (Å²) in [5.41, 5.74) is 0.511. The Morgan fingerprint density at radius 1 is 1.30 bits per heavy atom. The molecule has 1 amide bonds. The number of nitrogens with two attached hydrogens (primary N) is 1. The molecule has 0 bridgehead atoms. The maximum atomic E-state index is 12.3. The molecule has 20 heavy (non-hydrogen) atoms. The van der Waals surface area contributed by atoms with Crippen molar-refractivity contribution in [3.63, 3.8) is 0 Å². The number of amides is 1. The first-order valence-electron chi connectivity index (χ1n) is 6.07. The van der Waals surface area contributed by atoms with Gasteiger partial charge < -0.3 is 9.46 Å². The summed E-state index contributed by atoms with van der Waals surface area (Å²) in [6.45, 7) is 3.24. The third kappa shape index (κ3) is 2.95. The number of nitrogens with zero attached hydrogens (tertiary/aromatic N) is 1. The zero-order valence-electron chi connectivity index (χ0n) is 11.3. The van der Waals surface area contributed by atoms with Crippen molar-refractivity contribution >= 4 is 34.1 Å². The van der Waals surface area contributed by atoms with Crippen molar-refractivity contribution in [3.8, 4) is 0 Å². The zero-order valence-corrected chi connectivity index (χ0v) is 13.0. The molecule has 1 unspecified atom stereocenters. The average Bonchev–Trinajstić information content (AvgIpc) is 2.70. The molecular weight excluding hydrogens is 299 g/mol. The fraction of sp³-hybridized carbons (Fsp3) is 0.417. The Bertz CT molecular complexity index is 695. The zero-order chi connectivity index (χ0) is 15.1. The predicted octanol–water partition coefficient (Wildman–Crippen LogP) is 0.328. The molecule has 0 saturated carbocycles. The molecule has 8 heteroatoms. The van der Waals surface area contributed by atoms with Crippen LogP contribution in [0.25, 0.3) is 0 Å². The number of hydrogen-bond acceptors (Lipinski definition) is 4. The van der Waals surface area contributed by atoms with E-state index in [9.17, 15) is 17.8 Å². The largest absolute Gasteiger partial charge is 0.319 e. The van der Waals surface area contributed by atoms with Gasteiger partial charge in [-0.15, -0.1) is 0 Å². The van der Waals surface area contributed by atoms with Crippen LogP contribution in [0, 0.1) is 0 Å². The van der Waals surface area contributed by atoms with Gasteiger partial charge in [-0.05, 0) is 25.5 Å². The fourth-order valence-electron chi connectivity index (χ4n) is 2.28. The second-order valence-corrected chi connectivity index (χ2v) is 10.3.